The molecule has 1 N–H and O–H groups in total. The van der Waals surface area contributed by atoms with E-state index < -0.39 is 0 Å². The van der Waals surface area contributed by atoms with Crippen LogP contribution in [0.4, 0.5) is 0 Å². The highest BCUT2D eigenvalue weighted by Crippen LogP contribution is 2.16. The van der Waals surface area contributed by atoms with Gasteiger partial charge in [-0.15, -0.1) is 5.10 Å². The second-order valence-corrected chi connectivity index (χ2v) is 4.10. The van der Waals surface area contributed by atoms with Crippen molar-refractivity contribution in [3.8, 4) is 0 Å². The molecule has 1 aliphatic rings. The fraction of sp³-hybridized carbons (Fsp3) is 0.700. The first-order valence-corrected chi connectivity index (χ1v) is 5.41. The van der Waals surface area contributed by atoms with Gasteiger partial charge < -0.3 is 4.90 Å². The van der Waals surface area contributed by atoms with E-state index in [-0.39, 0.29) is 5.91 Å². The van der Waals surface area contributed by atoms with Crippen LogP contribution >= 0.6 is 0 Å². The zero-order chi connectivity index (χ0) is 10.8. The van der Waals surface area contributed by atoms with Crippen molar-refractivity contribution in [3.63, 3.8) is 0 Å². The maximum Gasteiger partial charge on any atom is 0.293 e. The number of rotatable bonds is 2. The first-order valence-electron chi connectivity index (χ1n) is 5.41. The average Bonchev–Trinajstić information content (AvgIpc) is 2.84. The molecule has 15 heavy (non-hydrogen) atoms. The van der Waals surface area contributed by atoms with Gasteiger partial charge in [0.25, 0.3) is 5.91 Å². The summed E-state index contributed by atoms with van der Waals surface area (Å²) in [6, 6.07) is 0. The van der Waals surface area contributed by atoms with E-state index in [1.54, 1.807) is 0 Å². The molecule has 82 valence electrons. The molecular formula is C10H16N4O. The molecule has 1 aliphatic heterocycles. The number of aromatic nitrogens is 3. The topological polar surface area (TPSA) is 61.9 Å². The highest BCUT2D eigenvalue weighted by molar-refractivity contribution is 5.90. The third-order valence-electron chi connectivity index (χ3n) is 2.77. The van der Waals surface area contributed by atoms with Crippen molar-refractivity contribution in [2.24, 2.45) is 5.92 Å². The number of aryl methyl sites for hydroxylation is 1. The van der Waals surface area contributed by atoms with Crippen molar-refractivity contribution in [3.05, 3.63) is 11.6 Å². The summed E-state index contributed by atoms with van der Waals surface area (Å²) in [5.41, 5.74) is 0. The SMILES string of the molecule is CCc1nc(C(=O)N2CCC(C)C2)n[nH]1. The summed E-state index contributed by atoms with van der Waals surface area (Å²) < 4.78 is 0. The van der Waals surface area contributed by atoms with Crippen molar-refractivity contribution in [1.82, 2.24) is 20.1 Å². The Kier molecular flexibility index (Phi) is 2.70. The molecule has 1 fully saturated rings. The molecule has 1 aromatic rings. The molecule has 1 unspecified atom stereocenters. The summed E-state index contributed by atoms with van der Waals surface area (Å²) >= 11 is 0. The van der Waals surface area contributed by atoms with Crippen molar-refractivity contribution >= 4 is 5.91 Å². The van der Waals surface area contributed by atoms with Crippen LogP contribution in [0, 0.1) is 5.92 Å². The van der Waals surface area contributed by atoms with E-state index in [4.69, 9.17) is 0 Å². The van der Waals surface area contributed by atoms with Gasteiger partial charge in [0.05, 0.1) is 0 Å². The normalized spacial score (nSPS) is 20.9. The van der Waals surface area contributed by atoms with E-state index in [1.807, 2.05) is 11.8 Å². The van der Waals surface area contributed by atoms with Crippen molar-refractivity contribution < 1.29 is 4.79 Å². The van der Waals surface area contributed by atoms with Crippen LogP contribution in [0.5, 0.6) is 0 Å². The highest BCUT2D eigenvalue weighted by Gasteiger charge is 2.26. The second-order valence-electron chi connectivity index (χ2n) is 4.10. The maximum absolute atomic E-state index is 11.9. The molecule has 1 atom stereocenters. The number of amides is 1. The van der Waals surface area contributed by atoms with E-state index in [1.165, 1.54) is 0 Å². The number of hydrogen-bond donors (Lipinski definition) is 1. The number of aromatic amines is 1. The Morgan fingerprint density at radius 1 is 1.67 bits per heavy atom. The second kappa shape index (κ2) is 4.00. The van der Waals surface area contributed by atoms with Gasteiger partial charge in [-0.25, -0.2) is 4.98 Å². The molecule has 5 nitrogen and oxygen atoms in total. The van der Waals surface area contributed by atoms with Gasteiger partial charge in [0.15, 0.2) is 0 Å². The van der Waals surface area contributed by atoms with Crippen LogP contribution in [0.3, 0.4) is 0 Å². The summed E-state index contributed by atoms with van der Waals surface area (Å²) in [6.45, 7) is 5.79. The standard InChI is InChI=1S/C10H16N4O/c1-3-8-11-9(13-12-8)10(15)14-5-4-7(2)6-14/h7H,3-6H2,1-2H3,(H,11,12,13). The van der Waals surface area contributed by atoms with E-state index in [0.717, 1.165) is 31.8 Å². The minimum absolute atomic E-state index is 0.0460. The Bertz CT molecular complexity index is 360. The van der Waals surface area contributed by atoms with E-state index in [9.17, 15) is 4.79 Å². The summed E-state index contributed by atoms with van der Waals surface area (Å²) in [4.78, 5) is 17.9. The number of carbonyl (C=O) groups is 1. The molecule has 0 spiro atoms. The molecule has 0 radical (unpaired) electrons. The molecule has 0 saturated carbocycles. The lowest BCUT2D eigenvalue weighted by Gasteiger charge is -2.12. The fourth-order valence-corrected chi connectivity index (χ4v) is 1.81. The van der Waals surface area contributed by atoms with Gasteiger partial charge in [0.1, 0.15) is 5.82 Å². The van der Waals surface area contributed by atoms with Crippen LogP contribution in [-0.4, -0.2) is 39.1 Å². The molecule has 1 saturated heterocycles. The van der Waals surface area contributed by atoms with E-state index >= 15 is 0 Å². The first-order chi connectivity index (χ1) is 7.20. The summed E-state index contributed by atoms with van der Waals surface area (Å²) in [7, 11) is 0. The smallest absolute Gasteiger partial charge is 0.293 e. The highest BCUT2D eigenvalue weighted by atomic mass is 16.2. The van der Waals surface area contributed by atoms with Crippen LogP contribution in [0.25, 0.3) is 0 Å². The first kappa shape index (κ1) is 10.1. The van der Waals surface area contributed by atoms with Crippen molar-refractivity contribution in [1.29, 1.82) is 0 Å². The molecule has 0 bridgehead atoms. The van der Waals surface area contributed by atoms with Crippen molar-refractivity contribution in [2.75, 3.05) is 13.1 Å². The van der Waals surface area contributed by atoms with Gasteiger partial charge in [-0.05, 0) is 12.3 Å². The molecule has 2 rings (SSSR count). The Labute approximate surface area is 88.9 Å². The van der Waals surface area contributed by atoms with Gasteiger partial charge in [-0.2, -0.15) is 0 Å². The van der Waals surface area contributed by atoms with Gasteiger partial charge >= 0.3 is 0 Å². The number of likely N-dealkylation sites (tertiary alicyclic amines) is 1. The summed E-state index contributed by atoms with van der Waals surface area (Å²) in [5.74, 6) is 1.63. The quantitative estimate of drug-likeness (QED) is 0.783. The third-order valence-corrected chi connectivity index (χ3v) is 2.77. The Morgan fingerprint density at radius 2 is 2.47 bits per heavy atom. The lowest BCUT2D eigenvalue weighted by molar-refractivity contribution is 0.0776. The Hall–Kier alpha value is -1.39. The zero-order valence-electron chi connectivity index (χ0n) is 9.16. The molecule has 1 aromatic heterocycles. The summed E-state index contributed by atoms with van der Waals surface area (Å²) in [5, 5.41) is 6.69. The number of nitrogens with zero attached hydrogens (tertiary/aromatic N) is 3. The molecule has 0 aliphatic carbocycles. The number of carbonyl (C=O) groups excluding carboxylic acids is 1. The van der Waals surface area contributed by atoms with Gasteiger partial charge in [-0.3, -0.25) is 9.89 Å². The van der Waals surface area contributed by atoms with Crippen LogP contribution in [-0.2, 0) is 6.42 Å². The average molecular weight is 208 g/mol. The van der Waals surface area contributed by atoms with Crippen LogP contribution in [0.2, 0.25) is 0 Å². The van der Waals surface area contributed by atoms with Gasteiger partial charge in [0.2, 0.25) is 5.82 Å². The summed E-state index contributed by atoms with van der Waals surface area (Å²) in [6.07, 6.45) is 1.85. The number of hydrogen-bond acceptors (Lipinski definition) is 3. The minimum atomic E-state index is -0.0460. The molecular weight excluding hydrogens is 192 g/mol. The minimum Gasteiger partial charge on any atom is -0.336 e. The lowest BCUT2D eigenvalue weighted by Crippen LogP contribution is -2.29. The van der Waals surface area contributed by atoms with Crippen LogP contribution in [0.15, 0.2) is 0 Å². The number of nitrogens with one attached hydrogen (secondary N) is 1. The van der Waals surface area contributed by atoms with E-state index in [0.29, 0.717) is 11.7 Å². The Balaban J connectivity index is 2.07. The monoisotopic (exact) mass is 208 g/mol. The lowest BCUT2D eigenvalue weighted by atomic mass is 10.2. The predicted molar refractivity (Wildman–Crippen MR) is 55.4 cm³/mol. The van der Waals surface area contributed by atoms with Crippen LogP contribution in [0.1, 0.15) is 36.7 Å². The van der Waals surface area contributed by atoms with Gasteiger partial charge in [0, 0.05) is 19.5 Å². The third kappa shape index (κ3) is 2.00. The largest absolute Gasteiger partial charge is 0.336 e. The molecule has 2 heterocycles. The van der Waals surface area contributed by atoms with E-state index in [2.05, 4.69) is 22.1 Å². The van der Waals surface area contributed by atoms with Crippen molar-refractivity contribution in [2.45, 2.75) is 26.7 Å². The van der Waals surface area contributed by atoms with Crippen LogP contribution < -0.4 is 0 Å². The fourth-order valence-electron chi connectivity index (χ4n) is 1.81. The zero-order valence-corrected chi connectivity index (χ0v) is 9.16. The molecule has 5 heteroatoms. The number of H-pyrrole nitrogens is 1. The molecule has 1 amide bonds. The molecule has 0 aromatic carbocycles. The predicted octanol–water partition coefficient (Wildman–Crippen LogP) is 0.849. The Morgan fingerprint density at radius 3 is 3.00 bits per heavy atom. The maximum atomic E-state index is 11.9. The van der Waals surface area contributed by atoms with Gasteiger partial charge in [-0.1, -0.05) is 13.8 Å².